The van der Waals surface area contributed by atoms with Gasteiger partial charge < -0.3 is 39.4 Å². The van der Waals surface area contributed by atoms with Gasteiger partial charge in [-0.25, -0.2) is 0 Å². The van der Waals surface area contributed by atoms with Gasteiger partial charge >= 0.3 is 5.97 Å². The highest BCUT2D eigenvalue weighted by Gasteiger charge is 2.44. The van der Waals surface area contributed by atoms with Crippen LogP contribution in [0.1, 0.15) is 149 Å². The quantitative estimate of drug-likeness (QED) is 0.0274. The number of esters is 1. The van der Waals surface area contributed by atoms with Crippen molar-refractivity contribution >= 4 is 5.97 Å². The van der Waals surface area contributed by atoms with Gasteiger partial charge in [0.1, 0.15) is 30.5 Å². The zero-order valence-corrected chi connectivity index (χ0v) is 36.7. The van der Waals surface area contributed by atoms with Crippen LogP contribution in [0.3, 0.4) is 0 Å². The average molecular weight is 827 g/mol. The third-order valence-corrected chi connectivity index (χ3v) is 9.73. The molecular weight excluding hydrogens is 745 g/mol. The van der Waals surface area contributed by atoms with E-state index < -0.39 is 43.4 Å². The second-order valence-corrected chi connectivity index (χ2v) is 15.1. The Bertz CT molecular complexity index is 1210. The molecule has 0 radical (unpaired) electrons. The zero-order chi connectivity index (χ0) is 42.9. The fraction of sp³-hybridized carbons (Fsp3) is 0.660. The van der Waals surface area contributed by atoms with Crippen molar-refractivity contribution in [3.63, 3.8) is 0 Å². The van der Waals surface area contributed by atoms with Crippen molar-refractivity contribution in [2.45, 2.75) is 185 Å². The number of carbonyl (C=O) groups is 1. The van der Waals surface area contributed by atoms with E-state index in [2.05, 4.69) is 111 Å². The summed E-state index contributed by atoms with van der Waals surface area (Å²) in [6.45, 7) is 4.27. The Labute approximate surface area is 358 Å². The molecule has 0 aliphatic carbocycles. The summed E-state index contributed by atoms with van der Waals surface area (Å²) in [6.07, 6.45) is 48.7. The fourth-order valence-corrected chi connectivity index (χ4v) is 6.17. The fourth-order valence-electron chi connectivity index (χ4n) is 6.17. The van der Waals surface area contributed by atoms with E-state index in [-0.39, 0.29) is 19.2 Å². The summed E-state index contributed by atoms with van der Waals surface area (Å²) in [7, 11) is 0. The number of rotatable bonds is 37. The van der Waals surface area contributed by atoms with Crippen LogP contribution in [-0.2, 0) is 23.7 Å². The van der Waals surface area contributed by atoms with Crippen LogP contribution in [-0.4, -0.2) is 89.6 Å². The summed E-state index contributed by atoms with van der Waals surface area (Å²) in [4.78, 5) is 12.7. The smallest absolute Gasteiger partial charge is 0.306 e. The van der Waals surface area contributed by atoms with E-state index >= 15 is 0 Å². The summed E-state index contributed by atoms with van der Waals surface area (Å²) in [5.41, 5.74) is 0. The molecule has 0 aromatic carbocycles. The molecule has 6 unspecified atom stereocenters. The first kappa shape index (κ1) is 54.1. The van der Waals surface area contributed by atoms with E-state index in [1.54, 1.807) is 0 Å². The largest absolute Gasteiger partial charge is 0.457 e. The van der Waals surface area contributed by atoms with E-state index in [4.69, 9.17) is 18.9 Å². The zero-order valence-electron chi connectivity index (χ0n) is 36.7. The number of aliphatic hydroxyl groups is 4. The Morgan fingerprint density at radius 3 is 1.58 bits per heavy atom. The van der Waals surface area contributed by atoms with Crippen LogP contribution in [0.4, 0.5) is 0 Å². The molecule has 1 rings (SSSR count). The summed E-state index contributed by atoms with van der Waals surface area (Å²) >= 11 is 0. The van der Waals surface area contributed by atoms with Crippen molar-refractivity contribution < 1.29 is 44.2 Å². The predicted octanol–water partition coefficient (Wildman–Crippen LogP) is 10.4. The minimum Gasteiger partial charge on any atom is -0.457 e. The lowest BCUT2D eigenvalue weighted by Gasteiger charge is -2.39. The first-order chi connectivity index (χ1) is 28.9. The molecule has 1 fully saturated rings. The number of unbranched alkanes of at least 4 members (excludes halogenated alkanes) is 10. The van der Waals surface area contributed by atoms with E-state index in [0.717, 1.165) is 103 Å². The molecule has 0 aromatic heterocycles. The van der Waals surface area contributed by atoms with Crippen molar-refractivity contribution in [1.29, 1.82) is 0 Å². The Kier molecular flexibility index (Phi) is 37.2. The molecule has 9 heteroatoms. The van der Waals surface area contributed by atoms with E-state index in [0.29, 0.717) is 13.0 Å². The standard InChI is InChI=1S/C50H82O9/c1-3-5-7-9-11-13-15-17-18-19-20-21-22-23-24-25-26-27-28-30-32-34-36-38-40-56-42-44(43-57-50-49(55)48(54)47(53)45(41-51)59-50)58-46(52)39-37-35-33-31-29-16-14-12-10-8-6-4-2/h5,7,11-14,17-18,20-21,23-24,26-27,30,32,44-45,47-51,53-55H,3-4,6,8-10,15-16,19,22,25,28-29,31,33-43H2,1-2H3/b7-5-,13-11-,14-12-,18-17-,21-20-,24-23-,27-26-,32-30-. The lowest BCUT2D eigenvalue weighted by Crippen LogP contribution is -2.59. The number of aliphatic hydroxyl groups excluding tert-OH is 4. The Balaban J connectivity index is 2.30. The number of hydrogen-bond donors (Lipinski definition) is 4. The Hall–Kier alpha value is -2.89. The lowest BCUT2D eigenvalue weighted by atomic mass is 9.99. The SMILES string of the molecule is CC/C=C\C/C=C\C/C=C\C/C=C\C/C=C\C/C=C\C/C=C\CCCCOCC(COC1OC(CO)C(O)C(O)C1O)OC(=O)CCCCCCC/C=C\CCCCC. The maximum absolute atomic E-state index is 12.7. The predicted molar refractivity (Wildman–Crippen MR) is 242 cm³/mol. The van der Waals surface area contributed by atoms with Gasteiger partial charge in [-0.1, -0.05) is 143 Å². The van der Waals surface area contributed by atoms with Gasteiger partial charge in [0.25, 0.3) is 0 Å². The summed E-state index contributed by atoms with van der Waals surface area (Å²) in [6, 6.07) is 0. The van der Waals surface area contributed by atoms with Gasteiger partial charge in [-0.2, -0.15) is 0 Å². The van der Waals surface area contributed by atoms with E-state index in [1.165, 1.54) is 25.7 Å². The lowest BCUT2D eigenvalue weighted by molar-refractivity contribution is -0.305. The van der Waals surface area contributed by atoms with Crippen molar-refractivity contribution in [2.24, 2.45) is 0 Å². The molecule has 1 saturated heterocycles. The molecule has 0 aromatic rings. The Morgan fingerprint density at radius 2 is 1.03 bits per heavy atom. The third kappa shape index (κ3) is 31.6. The second kappa shape index (κ2) is 40.5. The van der Waals surface area contributed by atoms with E-state index in [1.807, 2.05) is 0 Å². The van der Waals surface area contributed by atoms with Crippen LogP contribution in [0.15, 0.2) is 97.2 Å². The van der Waals surface area contributed by atoms with Crippen LogP contribution in [0.25, 0.3) is 0 Å². The van der Waals surface area contributed by atoms with Gasteiger partial charge in [0, 0.05) is 13.0 Å². The molecule has 1 heterocycles. The Morgan fingerprint density at radius 1 is 0.559 bits per heavy atom. The third-order valence-electron chi connectivity index (χ3n) is 9.73. The highest BCUT2D eigenvalue weighted by atomic mass is 16.7. The van der Waals surface area contributed by atoms with E-state index in [9.17, 15) is 25.2 Å². The first-order valence-electron chi connectivity index (χ1n) is 22.8. The molecule has 6 atom stereocenters. The molecule has 0 bridgehead atoms. The summed E-state index contributed by atoms with van der Waals surface area (Å²) in [5.74, 6) is -0.344. The van der Waals surface area contributed by atoms with Crippen LogP contribution in [0.5, 0.6) is 0 Å². The molecule has 0 spiro atoms. The molecule has 1 aliphatic rings. The highest BCUT2D eigenvalue weighted by Crippen LogP contribution is 2.22. The maximum Gasteiger partial charge on any atom is 0.306 e. The highest BCUT2D eigenvalue weighted by molar-refractivity contribution is 5.69. The first-order valence-corrected chi connectivity index (χ1v) is 22.8. The van der Waals surface area contributed by atoms with Gasteiger partial charge in [0.15, 0.2) is 6.29 Å². The monoisotopic (exact) mass is 827 g/mol. The van der Waals surface area contributed by atoms with Crippen LogP contribution < -0.4 is 0 Å². The maximum atomic E-state index is 12.7. The number of allylic oxidation sites excluding steroid dienone is 16. The van der Waals surface area contributed by atoms with Gasteiger partial charge in [-0.15, -0.1) is 0 Å². The number of hydrogen-bond acceptors (Lipinski definition) is 9. The molecule has 1 aliphatic heterocycles. The topological polar surface area (TPSA) is 135 Å². The molecular formula is C50H82O9. The minimum atomic E-state index is -1.55. The van der Waals surface area contributed by atoms with Gasteiger partial charge in [-0.05, 0) is 96.3 Å². The second-order valence-electron chi connectivity index (χ2n) is 15.1. The van der Waals surface area contributed by atoms with Crippen molar-refractivity contribution in [3.05, 3.63) is 97.2 Å². The van der Waals surface area contributed by atoms with Crippen LogP contribution in [0.2, 0.25) is 0 Å². The van der Waals surface area contributed by atoms with Crippen LogP contribution >= 0.6 is 0 Å². The molecule has 0 amide bonds. The summed E-state index contributed by atoms with van der Waals surface area (Å²) < 4.78 is 22.7. The normalized spacial score (nSPS) is 21.1. The molecule has 336 valence electrons. The molecule has 0 saturated carbocycles. The summed E-state index contributed by atoms with van der Waals surface area (Å²) in [5, 5.41) is 40.1. The molecule has 59 heavy (non-hydrogen) atoms. The van der Waals surface area contributed by atoms with Gasteiger partial charge in [-0.3, -0.25) is 4.79 Å². The van der Waals surface area contributed by atoms with Crippen LogP contribution in [0, 0.1) is 0 Å². The van der Waals surface area contributed by atoms with Gasteiger partial charge in [0.05, 0.1) is 19.8 Å². The number of ether oxygens (including phenoxy) is 4. The van der Waals surface area contributed by atoms with Crippen molar-refractivity contribution in [2.75, 3.05) is 26.4 Å². The molecule has 4 N–H and O–H groups in total. The van der Waals surface area contributed by atoms with Gasteiger partial charge in [0.2, 0.25) is 0 Å². The van der Waals surface area contributed by atoms with Crippen molar-refractivity contribution in [1.82, 2.24) is 0 Å². The molecule has 9 nitrogen and oxygen atoms in total. The average Bonchev–Trinajstić information content (AvgIpc) is 3.24. The van der Waals surface area contributed by atoms with Crippen molar-refractivity contribution in [3.8, 4) is 0 Å². The minimum absolute atomic E-state index is 0.105. The number of carbonyl (C=O) groups excluding carboxylic acids is 1.